The van der Waals surface area contributed by atoms with Crippen LogP contribution in [0.2, 0.25) is 0 Å². The molecular weight excluding hydrogens is 236 g/mol. The predicted octanol–water partition coefficient (Wildman–Crippen LogP) is 2.24. The molecule has 0 spiro atoms. The molecule has 1 aliphatic heterocycles. The van der Waals surface area contributed by atoms with Gasteiger partial charge in [-0.2, -0.15) is 0 Å². The average molecular weight is 262 g/mol. The van der Waals surface area contributed by atoms with Crippen molar-refractivity contribution in [2.24, 2.45) is 17.6 Å². The van der Waals surface area contributed by atoms with Gasteiger partial charge in [-0.3, -0.25) is 0 Å². The van der Waals surface area contributed by atoms with Gasteiger partial charge in [0, 0.05) is 25.5 Å². The normalized spacial score (nSPS) is 20.6. The molecule has 1 fully saturated rings. The fraction of sp³-hybridized carbons (Fsp3) is 0.733. The lowest BCUT2D eigenvalue weighted by Gasteiger charge is -2.21. The maximum Gasteiger partial charge on any atom is 0.225 e. The van der Waals surface area contributed by atoms with E-state index in [-0.39, 0.29) is 0 Å². The van der Waals surface area contributed by atoms with Crippen LogP contribution in [0.3, 0.4) is 0 Å². The fourth-order valence-electron chi connectivity index (χ4n) is 2.80. The molecule has 19 heavy (non-hydrogen) atoms. The van der Waals surface area contributed by atoms with E-state index in [1.165, 1.54) is 19.3 Å². The van der Waals surface area contributed by atoms with Crippen molar-refractivity contribution in [3.8, 4) is 0 Å². The van der Waals surface area contributed by atoms with E-state index in [9.17, 15) is 0 Å². The summed E-state index contributed by atoms with van der Waals surface area (Å²) in [5.74, 6) is 2.51. The molecule has 1 atom stereocenters. The molecule has 0 saturated carbocycles. The average Bonchev–Trinajstić information content (AvgIpc) is 2.66. The molecule has 2 heterocycles. The summed E-state index contributed by atoms with van der Waals surface area (Å²) >= 11 is 0. The number of rotatable bonds is 4. The smallest absolute Gasteiger partial charge is 0.225 e. The summed E-state index contributed by atoms with van der Waals surface area (Å²) in [5, 5.41) is 0. The van der Waals surface area contributed by atoms with E-state index in [1.54, 1.807) is 0 Å². The molecule has 0 radical (unpaired) electrons. The monoisotopic (exact) mass is 262 g/mol. The van der Waals surface area contributed by atoms with Crippen molar-refractivity contribution < 1.29 is 0 Å². The van der Waals surface area contributed by atoms with Crippen LogP contribution >= 0.6 is 0 Å². The van der Waals surface area contributed by atoms with Crippen LogP contribution in [0.1, 0.15) is 38.7 Å². The van der Waals surface area contributed by atoms with Crippen LogP contribution in [0.15, 0.2) is 12.4 Å². The molecule has 4 heteroatoms. The molecule has 0 amide bonds. The first-order valence-electron chi connectivity index (χ1n) is 7.46. The quantitative estimate of drug-likeness (QED) is 0.904. The van der Waals surface area contributed by atoms with Gasteiger partial charge in [0.25, 0.3) is 0 Å². The van der Waals surface area contributed by atoms with Gasteiger partial charge in [0.05, 0.1) is 0 Å². The molecule has 0 aliphatic carbocycles. The van der Waals surface area contributed by atoms with E-state index < -0.39 is 0 Å². The third-order valence-corrected chi connectivity index (χ3v) is 4.12. The zero-order valence-corrected chi connectivity index (χ0v) is 12.2. The molecule has 1 saturated heterocycles. The summed E-state index contributed by atoms with van der Waals surface area (Å²) in [5.41, 5.74) is 6.67. The lowest BCUT2D eigenvalue weighted by molar-refractivity contribution is 0.351. The standard InChI is InChI=1S/C15H26N4/c1-12(2)14-4-3-8-19(9-6-14)15-17-10-13(5-7-16)11-18-15/h10-12,14H,3-9,16H2,1-2H3. The van der Waals surface area contributed by atoms with Crippen molar-refractivity contribution in [2.75, 3.05) is 24.5 Å². The maximum absolute atomic E-state index is 5.54. The third kappa shape index (κ3) is 3.90. The molecule has 0 aromatic carbocycles. The lowest BCUT2D eigenvalue weighted by Crippen LogP contribution is -2.26. The van der Waals surface area contributed by atoms with Crippen LogP contribution in [0, 0.1) is 11.8 Å². The summed E-state index contributed by atoms with van der Waals surface area (Å²) in [6.45, 7) is 7.48. The van der Waals surface area contributed by atoms with Crippen molar-refractivity contribution >= 4 is 5.95 Å². The third-order valence-electron chi connectivity index (χ3n) is 4.12. The Hall–Kier alpha value is -1.16. The summed E-state index contributed by atoms with van der Waals surface area (Å²) in [4.78, 5) is 11.3. The van der Waals surface area contributed by atoms with Crippen LogP contribution in [-0.4, -0.2) is 29.6 Å². The van der Waals surface area contributed by atoms with Crippen molar-refractivity contribution in [1.82, 2.24) is 9.97 Å². The zero-order valence-electron chi connectivity index (χ0n) is 12.2. The second-order valence-electron chi connectivity index (χ2n) is 5.85. The second-order valence-corrected chi connectivity index (χ2v) is 5.85. The van der Waals surface area contributed by atoms with Crippen LogP contribution < -0.4 is 10.6 Å². The molecule has 1 aromatic rings. The Morgan fingerprint density at radius 2 is 2.00 bits per heavy atom. The van der Waals surface area contributed by atoms with Gasteiger partial charge in [0.1, 0.15) is 0 Å². The SMILES string of the molecule is CC(C)C1CCCN(c2ncc(CCN)cn2)CC1. The number of nitrogens with two attached hydrogens (primary N) is 1. The molecule has 1 unspecified atom stereocenters. The van der Waals surface area contributed by atoms with Crippen molar-refractivity contribution in [3.63, 3.8) is 0 Å². The van der Waals surface area contributed by atoms with E-state index in [2.05, 4.69) is 28.7 Å². The minimum Gasteiger partial charge on any atom is -0.341 e. The summed E-state index contributed by atoms with van der Waals surface area (Å²) in [6, 6.07) is 0. The van der Waals surface area contributed by atoms with E-state index in [0.717, 1.165) is 42.9 Å². The van der Waals surface area contributed by atoms with E-state index >= 15 is 0 Å². The Balaban J connectivity index is 1.97. The van der Waals surface area contributed by atoms with Gasteiger partial charge in [-0.15, -0.1) is 0 Å². The van der Waals surface area contributed by atoms with Gasteiger partial charge in [0.15, 0.2) is 0 Å². The van der Waals surface area contributed by atoms with Gasteiger partial charge in [0.2, 0.25) is 5.95 Å². The highest BCUT2D eigenvalue weighted by atomic mass is 15.2. The molecule has 1 aliphatic rings. The van der Waals surface area contributed by atoms with Gasteiger partial charge in [-0.1, -0.05) is 13.8 Å². The highest BCUT2D eigenvalue weighted by Crippen LogP contribution is 2.25. The number of anilines is 1. The highest BCUT2D eigenvalue weighted by molar-refractivity contribution is 5.30. The first kappa shape index (κ1) is 14.3. The van der Waals surface area contributed by atoms with E-state index in [0.29, 0.717) is 6.54 Å². The summed E-state index contributed by atoms with van der Waals surface area (Å²) in [7, 11) is 0. The number of hydrogen-bond donors (Lipinski definition) is 1. The van der Waals surface area contributed by atoms with Crippen molar-refractivity contribution in [2.45, 2.75) is 39.5 Å². The maximum atomic E-state index is 5.54. The van der Waals surface area contributed by atoms with E-state index in [1.807, 2.05) is 12.4 Å². The van der Waals surface area contributed by atoms with Crippen molar-refractivity contribution in [1.29, 1.82) is 0 Å². The number of hydrogen-bond acceptors (Lipinski definition) is 4. The highest BCUT2D eigenvalue weighted by Gasteiger charge is 2.20. The molecule has 2 rings (SSSR count). The van der Waals surface area contributed by atoms with Crippen LogP contribution in [-0.2, 0) is 6.42 Å². The van der Waals surface area contributed by atoms with Gasteiger partial charge < -0.3 is 10.6 Å². The molecule has 1 aromatic heterocycles. The van der Waals surface area contributed by atoms with Crippen LogP contribution in [0.4, 0.5) is 5.95 Å². The number of aromatic nitrogens is 2. The first-order valence-corrected chi connectivity index (χ1v) is 7.46. The Morgan fingerprint density at radius 3 is 2.63 bits per heavy atom. The summed E-state index contributed by atoms with van der Waals surface area (Å²) < 4.78 is 0. The predicted molar refractivity (Wildman–Crippen MR) is 79.2 cm³/mol. The first-order chi connectivity index (χ1) is 9.20. The zero-order chi connectivity index (χ0) is 13.7. The topological polar surface area (TPSA) is 55.0 Å². The molecule has 0 bridgehead atoms. The second kappa shape index (κ2) is 6.85. The molecule has 106 valence electrons. The van der Waals surface area contributed by atoms with Crippen LogP contribution in [0.5, 0.6) is 0 Å². The van der Waals surface area contributed by atoms with Crippen LogP contribution in [0.25, 0.3) is 0 Å². The number of nitrogens with zero attached hydrogens (tertiary/aromatic N) is 3. The fourth-order valence-corrected chi connectivity index (χ4v) is 2.80. The van der Waals surface area contributed by atoms with E-state index in [4.69, 9.17) is 5.73 Å². The van der Waals surface area contributed by atoms with Crippen molar-refractivity contribution in [3.05, 3.63) is 18.0 Å². The Bertz CT molecular complexity index is 374. The van der Waals surface area contributed by atoms with Gasteiger partial charge in [-0.05, 0) is 49.6 Å². The Morgan fingerprint density at radius 1 is 1.26 bits per heavy atom. The minimum atomic E-state index is 0.655. The molecular formula is C15H26N4. The largest absolute Gasteiger partial charge is 0.341 e. The van der Waals surface area contributed by atoms with Gasteiger partial charge >= 0.3 is 0 Å². The molecule has 4 nitrogen and oxygen atoms in total. The Kier molecular flexibility index (Phi) is 5.14. The van der Waals surface area contributed by atoms with Gasteiger partial charge in [-0.25, -0.2) is 9.97 Å². The minimum absolute atomic E-state index is 0.655. The summed E-state index contributed by atoms with van der Waals surface area (Å²) in [6.07, 6.45) is 8.53. The molecule has 2 N–H and O–H groups in total. The Labute approximate surface area is 116 Å². The lowest BCUT2D eigenvalue weighted by atomic mass is 9.89.